The molecule has 1 heterocycles. The van der Waals surface area contributed by atoms with E-state index in [1.165, 1.54) is 0 Å². The number of para-hydroxylation sites is 1. The van der Waals surface area contributed by atoms with Crippen LogP contribution in [0.4, 0.5) is 0 Å². The molecule has 5 rings (SSSR count). The van der Waals surface area contributed by atoms with Gasteiger partial charge in [0.1, 0.15) is 11.1 Å². The lowest BCUT2D eigenvalue weighted by Gasteiger charge is -2.40. The van der Waals surface area contributed by atoms with Gasteiger partial charge in [0, 0.05) is 16.9 Å². The quantitative estimate of drug-likeness (QED) is 0.233. The largest absolute Gasteiger partial charge is 0.417 e. The van der Waals surface area contributed by atoms with Crippen molar-refractivity contribution < 1.29 is 10.1 Å². The maximum absolute atomic E-state index is 11.6. The van der Waals surface area contributed by atoms with Crippen LogP contribution in [-0.4, -0.2) is 30.8 Å². The molecule has 0 bridgehead atoms. The Morgan fingerprint density at radius 3 is 2.33 bits per heavy atom. The van der Waals surface area contributed by atoms with E-state index in [4.69, 9.17) is 0 Å². The van der Waals surface area contributed by atoms with Gasteiger partial charge in [0.05, 0.1) is 10.00 Å². The van der Waals surface area contributed by atoms with E-state index in [1.807, 2.05) is 59.3 Å². The maximum Gasteiger partial charge on any atom is 0.281 e. The Hall–Kier alpha value is -3.71. The van der Waals surface area contributed by atoms with Gasteiger partial charge in [-0.1, -0.05) is 89.7 Å². The summed E-state index contributed by atoms with van der Waals surface area (Å²) in [7, 11) is 0. The summed E-state index contributed by atoms with van der Waals surface area (Å²) in [5, 5.41) is 30.3. The number of aromatic nitrogens is 3. The fourth-order valence-electron chi connectivity index (χ4n) is 4.55. The fraction of sp³-hybridized carbons (Fsp3) is 0.115. The summed E-state index contributed by atoms with van der Waals surface area (Å²) in [6.45, 7) is 2.06. The van der Waals surface area contributed by atoms with Gasteiger partial charge < -0.3 is 5.21 Å². The molecule has 1 aliphatic carbocycles. The van der Waals surface area contributed by atoms with Gasteiger partial charge in [0.15, 0.2) is 0 Å². The average Bonchev–Trinajstić information content (AvgIpc) is 3.26. The highest BCUT2D eigenvalue weighted by Crippen LogP contribution is 2.45. The van der Waals surface area contributed by atoms with Crippen LogP contribution in [0, 0.1) is 18.0 Å². The molecule has 6 nitrogen and oxygen atoms in total. The molecule has 0 spiro atoms. The van der Waals surface area contributed by atoms with E-state index in [0.717, 1.165) is 27.7 Å². The second-order valence-corrected chi connectivity index (χ2v) is 8.90. The van der Waals surface area contributed by atoms with Crippen molar-refractivity contribution in [2.75, 3.05) is 0 Å². The molecule has 0 fully saturated rings. The number of allylic oxidation sites excluding steroid dienone is 4. The lowest BCUT2D eigenvalue weighted by molar-refractivity contribution is -0.725. The van der Waals surface area contributed by atoms with Crippen molar-refractivity contribution >= 4 is 32.7 Å². The number of nitrogens with zero attached hydrogens (tertiary/aromatic N) is 4. The third-order valence-corrected chi connectivity index (χ3v) is 6.78. The van der Waals surface area contributed by atoms with Crippen LogP contribution >= 0.6 is 15.9 Å². The molecule has 1 aliphatic rings. The molecule has 4 aromatic rings. The zero-order valence-electron chi connectivity index (χ0n) is 17.8. The predicted octanol–water partition coefficient (Wildman–Crippen LogP) is 5.34. The molecular weight excluding hydrogens is 480 g/mol. The molecular formula is C26H21BrN4O2. The van der Waals surface area contributed by atoms with E-state index in [1.54, 1.807) is 6.08 Å². The Morgan fingerprint density at radius 1 is 0.970 bits per heavy atom. The number of halogens is 1. The summed E-state index contributed by atoms with van der Waals surface area (Å²) < 4.78 is 2.47. The maximum atomic E-state index is 11.6. The molecule has 2 unspecified atom stereocenters. The summed E-state index contributed by atoms with van der Waals surface area (Å²) in [4.78, 5) is -0.131. The second-order valence-electron chi connectivity index (χ2n) is 8.05. The number of hydrogen-bond acceptors (Lipinski definition) is 4. The standard InChI is InChI=1S/C26H21BrN4O2/c1-18-11-13-20(14-12-18)26(19-7-3-2-4-8-19,21-15-16-24(31(32)33)22(27)17-21)30-25-10-6-5-9-23(25)28-29-30/h2-17,21H,1H3,(H,32,33). The van der Waals surface area contributed by atoms with E-state index < -0.39 is 5.54 Å². The molecule has 33 heavy (non-hydrogen) atoms. The van der Waals surface area contributed by atoms with Gasteiger partial charge in [0.2, 0.25) is 0 Å². The first-order valence-corrected chi connectivity index (χ1v) is 11.3. The van der Waals surface area contributed by atoms with E-state index in [9.17, 15) is 10.4 Å². The van der Waals surface area contributed by atoms with Crippen molar-refractivity contribution in [3.05, 3.63) is 123 Å². The van der Waals surface area contributed by atoms with Gasteiger partial charge >= 0.3 is 0 Å². The van der Waals surface area contributed by atoms with Crippen molar-refractivity contribution in [1.29, 1.82) is 0 Å². The zero-order chi connectivity index (χ0) is 23.0. The van der Waals surface area contributed by atoms with Gasteiger partial charge in [-0.15, -0.1) is 5.10 Å². The van der Waals surface area contributed by atoms with Gasteiger partial charge in [-0.3, -0.25) is 5.21 Å². The van der Waals surface area contributed by atoms with E-state index >= 15 is 0 Å². The molecule has 0 saturated heterocycles. The molecule has 0 aliphatic heterocycles. The highest BCUT2D eigenvalue weighted by atomic mass is 79.9. The van der Waals surface area contributed by atoms with Crippen molar-refractivity contribution in [2.45, 2.75) is 12.5 Å². The fourth-order valence-corrected chi connectivity index (χ4v) is 5.12. The van der Waals surface area contributed by atoms with Crippen molar-refractivity contribution in [3.8, 4) is 0 Å². The Bertz CT molecular complexity index is 1400. The second kappa shape index (κ2) is 8.33. The van der Waals surface area contributed by atoms with E-state index in [-0.39, 0.29) is 16.5 Å². The number of benzene rings is 3. The minimum Gasteiger partial charge on any atom is -0.417 e. The highest BCUT2D eigenvalue weighted by Gasteiger charge is 2.45. The Balaban J connectivity index is 1.89. The van der Waals surface area contributed by atoms with Gasteiger partial charge in [-0.2, -0.15) is 0 Å². The molecule has 7 heteroatoms. The molecule has 0 saturated carbocycles. The predicted molar refractivity (Wildman–Crippen MR) is 131 cm³/mol. The molecule has 3 aromatic carbocycles. The molecule has 1 aromatic heterocycles. The summed E-state index contributed by atoms with van der Waals surface area (Å²) in [5.74, 6) is -0.259. The molecule has 164 valence electrons. The lowest BCUT2D eigenvalue weighted by atomic mass is 9.71. The first-order valence-electron chi connectivity index (χ1n) is 10.5. The van der Waals surface area contributed by atoms with Crippen molar-refractivity contribution in [1.82, 2.24) is 15.0 Å². The third kappa shape index (κ3) is 3.45. The molecule has 0 radical (unpaired) electrons. The van der Waals surface area contributed by atoms with Crippen LogP contribution in [0.1, 0.15) is 16.7 Å². The monoisotopic (exact) mass is 500 g/mol. The summed E-state index contributed by atoms with van der Waals surface area (Å²) in [6.07, 6.45) is 5.48. The first kappa shape index (κ1) is 21.2. The summed E-state index contributed by atoms with van der Waals surface area (Å²) in [5.41, 5.74) is 4.20. The normalized spacial score (nSPS) is 19.2. The first-order chi connectivity index (χ1) is 16.0. The number of hydrogen-bond donors (Lipinski definition) is 1. The minimum atomic E-state index is -0.810. The SMILES string of the molecule is Cc1ccc(C(c2ccccc2)(C2C=C/C(=[N+](/[O-])O)C(Br)=C2)n2nnc3ccccc32)cc1. The molecule has 0 amide bonds. The van der Waals surface area contributed by atoms with Crippen molar-refractivity contribution in [3.63, 3.8) is 0 Å². The van der Waals surface area contributed by atoms with E-state index in [2.05, 4.69) is 69.6 Å². The summed E-state index contributed by atoms with van der Waals surface area (Å²) >= 11 is 3.48. The van der Waals surface area contributed by atoms with Gasteiger partial charge in [-0.25, -0.2) is 4.68 Å². The third-order valence-electron chi connectivity index (χ3n) is 6.11. The van der Waals surface area contributed by atoms with Crippen LogP contribution in [0.2, 0.25) is 0 Å². The Morgan fingerprint density at radius 2 is 1.64 bits per heavy atom. The average molecular weight is 501 g/mol. The molecule has 2 atom stereocenters. The minimum absolute atomic E-state index is 0.131. The zero-order valence-corrected chi connectivity index (χ0v) is 19.4. The van der Waals surface area contributed by atoms with Crippen LogP contribution in [0.15, 0.2) is 102 Å². The highest BCUT2D eigenvalue weighted by molar-refractivity contribution is 9.12. The van der Waals surface area contributed by atoms with Crippen LogP contribution in [0.3, 0.4) is 0 Å². The summed E-state index contributed by atoms with van der Waals surface area (Å²) in [6, 6.07) is 26.4. The topological polar surface area (TPSA) is 77.0 Å². The van der Waals surface area contributed by atoms with Crippen LogP contribution < -0.4 is 0 Å². The van der Waals surface area contributed by atoms with Crippen LogP contribution in [0.25, 0.3) is 11.0 Å². The number of rotatable bonds is 4. The Labute approximate surface area is 199 Å². The Kier molecular flexibility index (Phi) is 5.34. The number of fused-ring (bicyclic) bond motifs is 1. The molecule has 1 N–H and O–H groups in total. The van der Waals surface area contributed by atoms with Gasteiger partial charge in [0.25, 0.3) is 5.71 Å². The van der Waals surface area contributed by atoms with Crippen LogP contribution in [-0.2, 0) is 5.54 Å². The van der Waals surface area contributed by atoms with Crippen molar-refractivity contribution in [2.24, 2.45) is 5.92 Å². The van der Waals surface area contributed by atoms with Gasteiger partial charge in [-0.05, 0) is 46.1 Å². The van der Waals surface area contributed by atoms with E-state index in [0.29, 0.717) is 4.48 Å². The number of aryl methyl sites for hydroxylation is 1. The van der Waals surface area contributed by atoms with Crippen LogP contribution in [0.5, 0.6) is 0 Å². The lowest BCUT2D eigenvalue weighted by Crippen LogP contribution is -2.44. The smallest absolute Gasteiger partial charge is 0.281 e.